The second kappa shape index (κ2) is 3.57. The molecule has 1 unspecified atom stereocenters. The summed E-state index contributed by atoms with van der Waals surface area (Å²) < 4.78 is 0. The van der Waals surface area contributed by atoms with Crippen LogP contribution in [0.25, 0.3) is 0 Å². The second-order valence-corrected chi connectivity index (χ2v) is 5.02. The number of thiophene rings is 1. The van der Waals surface area contributed by atoms with Crippen LogP contribution in [0.2, 0.25) is 0 Å². The molecule has 0 amide bonds. The van der Waals surface area contributed by atoms with Crippen LogP contribution >= 0.6 is 22.7 Å². The van der Waals surface area contributed by atoms with Crippen LogP contribution in [0.1, 0.15) is 20.8 Å². The van der Waals surface area contributed by atoms with Crippen LogP contribution in [0.15, 0.2) is 23.7 Å². The molecule has 0 aliphatic rings. The van der Waals surface area contributed by atoms with Gasteiger partial charge in [0.1, 0.15) is 0 Å². The van der Waals surface area contributed by atoms with Gasteiger partial charge in [0.2, 0.25) is 0 Å². The summed E-state index contributed by atoms with van der Waals surface area (Å²) in [5, 5.41) is 3.12. The van der Waals surface area contributed by atoms with Gasteiger partial charge in [0.15, 0.2) is 0 Å². The Morgan fingerprint density at radius 2 is 2.31 bits per heavy atom. The summed E-state index contributed by atoms with van der Waals surface area (Å²) in [7, 11) is 0. The predicted molar refractivity (Wildman–Crippen MR) is 57.2 cm³/mol. The fraction of sp³-hybridized carbons (Fsp3) is 0.222. The second-order valence-electron chi connectivity index (χ2n) is 2.77. The number of hydrogen-bond donors (Lipinski definition) is 1. The Morgan fingerprint density at radius 1 is 1.46 bits per heavy atom. The largest absolute Gasteiger partial charge is 0.319 e. The first-order chi connectivity index (χ1) is 6.27. The van der Waals surface area contributed by atoms with Gasteiger partial charge in [-0.15, -0.1) is 22.7 Å². The summed E-state index contributed by atoms with van der Waals surface area (Å²) in [6, 6.07) is 4.09. The molecule has 0 spiro atoms. The molecule has 0 aromatic carbocycles. The topological polar surface area (TPSA) is 38.9 Å². The molecule has 0 bridgehead atoms. The molecule has 0 aliphatic heterocycles. The molecule has 1 atom stereocenters. The zero-order valence-corrected chi connectivity index (χ0v) is 8.86. The van der Waals surface area contributed by atoms with Crippen LogP contribution in [0, 0.1) is 6.92 Å². The van der Waals surface area contributed by atoms with E-state index in [-0.39, 0.29) is 6.04 Å². The first-order valence-electron chi connectivity index (χ1n) is 3.98. The molecule has 0 saturated carbocycles. The third-order valence-electron chi connectivity index (χ3n) is 1.80. The molecular formula is C9H10N2S2. The maximum Gasteiger partial charge on any atom is 0.0897 e. The SMILES string of the molecule is Cc1ncc(C(N)c2cccs2)s1. The fourth-order valence-electron chi connectivity index (χ4n) is 1.13. The molecule has 2 N–H and O–H groups in total. The van der Waals surface area contributed by atoms with E-state index in [0.717, 1.165) is 9.88 Å². The molecule has 2 heterocycles. The van der Waals surface area contributed by atoms with Crippen molar-refractivity contribution in [3.05, 3.63) is 38.5 Å². The minimum absolute atomic E-state index is 0.00574. The first kappa shape index (κ1) is 8.87. The third-order valence-corrected chi connectivity index (χ3v) is 3.75. The van der Waals surface area contributed by atoms with Gasteiger partial charge in [0, 0.05) is 16.0 Å². The van der Waals surface area contributed by atoms with Gasteiger partial charge in [-0.25, -0.2) is 4.98 Å². The van der Waals surface area contributed by atoms with Gasteiger partial charge in [0.25, 0.3) is 0 Å². The van der Waals surface area contributed by atoms with Crippen molar-refractivity contribution < 1.29 is 0 Å². The van der Waals surface area contributed by atoms with Crippen molar-refractivity contribution in [2.24, 2.45) is 5.73 Å². The molecule has 4 heteroatoms. The summed E-state index contributed by atoms with van der Waals surface area (Å²) in [5.41, 5.74) is 6.05. The Balaban J connectivity index is 2.28. The minimum atomic E-state index is 0.00574. The molecule has 2 rings (SSSR count). The normalized spacial score (nSPS) is 13.1. The van der Waals surface area contributed by atoms with Gasteiger partial charge in [-0.1, -0.05) is 6.07 Å². The van der Waals surface area contributed by atoms with E-state index in [1.165, 1.54) is 4.88 Å². The van der Waals surface area contributed by atoms with E-state index >= 15 is 0 Å². The van der Waals surface area contributed by atoms with Gasteiger partial charge < -0.3 is 5.73 Å². The first-order valence-corrected chi connectivity index (χ1v) is 5.68. The van der Waals surface area contributed by atoms with Gasteiger partial charge in [-0.3, -0.25) is 0 Å². The molecule has 2 aromatic rings. The zero-order valence-electron chi connectivity index (χ0n) is 7.23. The van der Waals surface area contributed by atoms with Crippen molar-refractivity contribution in [1.82, 2.24) is 4.98 Å². The lowest BCUT2D eigenvalue weighted by molar-refractivity contribution is 0.912. The van der Waals surface area contributed by atoms with E-state index in [4.69, 9.17) is 5.73 Å². The maximum atomic E-state index is 6.05. The molecule has 2 nitrogen and oxygen atoms in total. The van der Waals surface area contributed by atoms with Gasteiger partial charge in [0.05, 0.1) is 11.0 Å². The highest BCUT2D eigenvalue weighted by atomic mass is 32.1. The van der Waals surface area contributed by atoms with Crippen LogP contribution in [0.3, 0.4) is 0 Å². The van der Waals surface area contributed by atoms with Crippen LogP contribution in [-0.4, -0.2) is 4.98 Å². The average Bonchev–Trinajstić information content (AvgIpc) is 2.72. The summed E-state index contributed by atoms with van der Waals surface area (Å²) >= 11 is 3.35. The van der Waals surface area contributed by atoms with E-state index in [1.54, 1.807) is 22.7 Å². The van der Waals surface area contributed by atoms with E-state index in [2.05, 4.69) is 11.1 Å². The third kappa shape index (κ3) is 1.80. The fourth-order valence-corrected chi connectivity index (χ4v) is 2.76. The lowest BCUT2D eigenvalue weighted by Gasteiger charge is -2.04. The smallest absolute Gasteiger partial charge is 0.0897 e. The molecule has 0 fully saturated rings. The van der Waals surface area contributed by atoms with Crippen molar-refractivity contribution in [1.29, 1.82) is 0 Å². The molecular weight excluding hydrogens is 200 g/mol. The van der Waals surface area contributed by atoms with Gasteiger partial charge >= 0.3 is 0 Å². The highest BCUT2D eigenvalue weighted by Crippen LogP contribution is 2.27. The van der Waals surface area contributed by atoms with Crippen molar-refractivity contribution in [3.8, 4) is 0 Å². The van der Waals surface area contributed by atoms with Crippen molar-refractivity contribution in [2.75, 3.05) is 0 Å². The molecule has 0 radical (unpaired) electrons. The monoisotopic (exact) mass is 210 g/mol. The van der Waals surface area contributed by atoms with Crippen LogP contribution in [0.5, 0.6) is 0 Å². The average molecular weight is 210 g/mol. The van der Waals surface area contributed by atoms with Crippen molar-refractivity contribution >= 4 is 22.7 Å². The summed E-state index contributed by atoms with van der Waals surface area (Å²) in [6.07, 6.45) is 1.87. The summed E-state index contributed by atoms with van der Waals surface area (Å²) in [6.45, 7) is 2.00. The Morgan fingerprint density at radius 3 is 2.85 bits per heavy atom. The van der Waals surface area contributed by atoms with E-state index in [9.17, 15) is 0 Å². The van der Waals surface area contributed by atoms with Crippen LogP contribution in [-0.2, 0) is 0 Å². The van der Waals surface area contributed by atoms with Crippen molar-refractivity contribution in [3.63, 3.8) is 0 Å². The number of aryl methyl sites for hydroxylation is 1. The highest BCUT2D eigenvalue weighted by molar-refractivity contribution is 7.12. The number of nitrogens with two attached hydrogens (primary N) is 1. The number of hydrogen-bond acceptors (Lipinski definition) is 4. The van der Waals surface area contributed by atoms with Crippen LogP contribution < -0.4 is 5.73 Å². The van der Waals surface area contributed by atoms with E-state index in [1.807, 2.05) is 24.6 Å². The molecule has 2 aromatic heterocycles. The zero-order chi connectivity index (χ0) is 9.26. The predicted octanol–water partition coefficient (Wildman–Crippen LogP) is 2.56. The lowest BCUT2D eigenvalue weighted by atomic mass is 10.2. The number of rotatable bonds is 2. The van der Waals surface area contributed by atoms with Crippen molar-refractivity contribution in [2.45, 2.75) is 13.0 Å². The Bertz CT molecular complexity index is 378. The standard InChI is InChI=1S/C9H10N2S2/c1-6-11-5-8(13-6)9(10)7-3-2-4-12-7/h2-5,9H,10H2,1H3. The summed E-state index contributed by atoms with van der Waals surface area (Å²) in [4.78, 5) is 6.53. The minimum Gasteiger partial charge on any atom is -0.319 e. The Labute approximate surface area is 85.1 Å². The number of aromatic nitrogens is 1. The van der Waals surface area contributed by atoms with Crippen LogP contribution in [0.4, 0.5) is 0 Å². The summed E-state index contributed by atoms with van der Waals surface area (Å²) in [5.74, 6) is 0. The van der Waals surface area contributed by atoms with E-state index < -0.39 is 0 Å². The molecule has 0 aliphatic carbocycles. The quantitative estimate of drug-likeness (QED) is 0.827. The van der Waals surface area contributed by atoms with Gasteiger partial charge in [-0.2, -0.15) is 0 Å². The van der Waals surface area contributed by atoms with E-state index in [0.29, 0.717) is 0 Å². The molecule has 0 saturated heterocycles. The number of thiazole rings is 1. The number of nitrogens with zero attached hydrogens (tertiary/aromatic N) is 1. The molecule has 68 valence electrons. The Kier molecular flexibility index (Phi) is 2.44. The maximum absolute atomic E-state index is 6.05. The lowest BCUT2D eigenvalue weighted by Crippen LogP contribution is -2.07. The van der Waals surface area contributed by atoms with Gasteiger partial charge in [-0.05, 0) is 18.4 Å². The molecule has 13 heavy (non-hydrogen) atoms. The highest BCUT2D eigenvalue weighted by Gasteiger charge is 2.11. The Hall–Kier alpha value is -0.710.